The Hall–Kier alpha value is -0.180. The number of rotatable bonds is 8. The minimum Gasteiger partial charge on any atom is -0.312 e. The third-order valence-corrected chi connectivity index (χ3v) is 4.82. The first-order valence-electron chi connectivity index (χ1n) is 5.51. The van der Waals surface area contributed by atoms with E-state index in [0.29, 0.717) is 6.42 Å². The van der Waals surface area contributed by atoms with Gasteiger partial charge in [-0.25, -0.2) is 0 Å². The fraction of sp³-hybridized carbons (Fsp3) is 0.909. The average Bonchev–Trinajstić information content (AvgIpc) is 2.26. The first kappa shape index (κ1) is 15.8. The molecule has 0 fully saturated rings. The van der Waals surface area contributed by atoms with Gasteiger partial charge in [0.25, 0.3) is 0 Å². The maximum Gasteiger partial charge on any atom is 0.337 e. The van der Waals surface area contributed by atoms with Crippen molar-refractivity contribution in [3.63, 3.8) is 0 Å². The van der Waals surface area contributed by atoms with Gasteiger partial charge in [-0.15, -0.1) is 0 Å². The van der Waals surface area contributed by atoms with Gasteiger partial charge in [-0.1, -0.05) is 27.2 Å². The van der Waals surface area contributed by atoms with Gasteiger partial charge in [-0.05, 0) is 11.8 Å². The van der Waals surface area contributed by atoms with Crippen molar-refractivity contribution in [3.8, 4) is 0 Å². The number of carbonyl (C=O) groups excluding carboxylic acids is 1. The molecule has 0 bridgehead atoms. The Labute approximate surface area is 98.2 Å². The normalized spacial score (nSPS) is 12.8. The summed E-state index contributed by atoms with van der Waals surface area (Å²) in [6, 6.07) is 0. The van der Waals surface area contributed by atoms with Crippen LogP contribution in [-0.2, 0) is 18.4 Å². The van der Waals surface area contributed by atoms with Crippen molar-refractivity contribution in [2.45, 2.75) is 40.0 Å². The van der Waals surface area contributed by atoms with E-state index in [1.165, 1.54) is 14.2 Å². The van der Waals surface area contributed by atoms with Crippen LogP contribution in [0.4, 0.5) is 0 Å². The molecular formula is C11H23O4P. The average molecular weight is 250 g/mol. The van der Waals surface area contributed by atoms with Gasteiger partial charge in [-0.2, -0.15) is 0 Å². The van der Waals surface area contributed by atoms with E-state index in [9.17, 15) is 9.36 Å². The van der Waals surface area contributed by atoms with Crippen molar-refractivity contribution in [2.24, 2.45) is 5.41 Å². The molecule has 0 atom stereocenters. The fourth-order valence-corrected chi connectivity index (χ4v) is 2.15. The molecule has 96 valence electrons. The van der Waals surface area contributed by atoms with Crippen LogP contribution >= 0.6 is 7.60 Å². The minimum atomic E-state index is -3.18. The summed E-state index contributed by atoms with van der Waals surface area (Å²) in [7, 11) is -0.579. The first-order valence-corrected chi connectivity index (χ1v) is 7.23. The van der Waals surface area contributed by atoms with Gasteiger partial charge in [0.2, 0.25) is 0 Å². The van der Waals surface area contributed by atoms with Crippen LogP contribution in [0.3, 0.4) is 0 Å². The standard InChI is InChI=1S/C11H23O4P/c1-6-11(2,3)8-7-10(12)9-16(13,14-4)15-5/h6-9H2,1-5H3. The summed E-state index contributed by atoms with van der Waals surface area (Å²) in [6.07, 6.45) is 2.12. The second kappa shape index (κ2) is 6.53. The molecular weight excluding hydrogens is 227 g/mol. The SMILES string of the molecule is CCC(C)(C)CCC(=O)CP(=O)(OC)OC. The minimum absolute atomic E-state index is 0.0615. The van der Waals surface area contributed by atoms with E-state index in [4.69, 9.17) is 9.05 Å². The molecule has 0 saturated carbocycles. The van der Waals surface area contributed by atoms with Crippen molar-refractivity contribution >= 4 is 13.4 Å². The zero-order chi connectivity index (χ0) is 12.8. The molecule has 0 unspecified atom stereocenters. The highest BCUT2D eigenvalue weighted by molar-refractivity contribution is 7.54. The van der Waals surface area contributed by atoms with E-state index in [2.05, 4.69) is 20.8 Å². The largest absolute Gasteiger partial charge is 0.337 e. The lowest BCUT2D eigenvalue weighted by Gasteiger charge is -2.22. The molecule has 0 aliphatic heterocycles. The second-order valence-corrected chi connectivity index (χ2v) is 6.96. The van der Waals surface area contributed by atoms with Crippen LogP contribution < -0.4 is 0 Å². The van der Waals surface area contributed by atoms with Crippen molar-refractivity contribution in [1.82, 2.24) is 0 Å². The number of hydrogen-bond acceptors (Lipinski definition) is 4. The van der Waals surface area contributed by atoms with Crippen molar-refractivity contribution < 1.29 is 18.4 Å². The van der Waals surface area contributed by atoms with Gasteiger partial charge in [0.05, 0.1) is 0 Å². The van der Waals surface area contributed by atoms with E-state index < -0.39 is 7.60 Å². The molecule has 0 aromatic heterocycles. The smallest absolute Gasteiger partial charge is 0.312 e. The summed E-state index contributed by atoms with van der Waals surface area (Å²) in [5.74, 6) is -0.0615. The molecule has 16 heavy (non-hydrogen) atoms. The van der Waals surface area contributed by atoms with Crippen LogP contribution in [0.1, 0.15) is 40.0 Å². The van der Waals surface area contributed by atoms with Gasteiger partial charge >= 0.3 is 7.60 Å². The van der Waals surface area contributed by atoms with E-state index in [0.717, 1.165) is 12.8 Å². The molecule has 5 heteroatoms. The van der Waals surface area contributed by atoms with E-state index in [-0.39, 0.29) is 17.4 Å². The van der Waals surface area contributed by atoms with Crippen LogP contribution in [0.15, 0.2) is 0 Å². The van der Waals surface area contributed by atoms with E-state index >= 15 is 0 Å². The zero-order valence-corrected chi connectivity index (χ0v) is 11.8. The number of carbonyl (C=O) groups is 1. The Kier molecular flexibility index (Phi) is 6.46. The number of hydrogen-bond donors (Lipinski definition) is 0. The molecule has 0 spiro atoms. The Morgan fingerprint density at radius 2 is 1.75 bits per heavy atom. The summed E-state index contributed by atoms with van der Waals surface area (Å²) in [6.45, 7) is 6.33. The van der Waals surface area contributed by atoms with Gasteiger partial charge in [-0.3, -0.25) is 9.36 Å². The lowest BCUT2D eigenvalue weighted by Crippen LogP contribution is -2.14. The molecule has 4 nitrogen and oxygen atoms in total. The van der Waals surface area contributed by atoms with E-state index in [1.807, 2.05) is 0 Å². The van der Waals surface area contributed by atoms with Crippen molar-refractivity contribution in [2.75, 3.05) is 20.4 Å². The maximum atomic E-state index is 11.7. The molecule has 0 aliphatic carbocycles. The Balaban J connectivity index is 4.15. The predicted octanol–water partition coefficient (Wildman–Crippen LogP) is 3.26. The summed E-state index contributed by atoms with van der Waals surface area (Å²) < 4.78 is 21.1. The molecule has 0 aliphatic rings. The van der Waals surface area contributed by atoms with Crippen LogP contribution in [0, 0.1) is 5.41 Å². The summed E-state index contributed by atoms with van der Waals surface area (Å²) in [5, 5.41) is 0. The molecule has 0 radical (unpaired) electrons. The zero-order valence-electron chi connectivity index (χ0n) is 10.9. The topological polar surface area (TPSA) is 52.6 Å². The van der Waals surface area contributed by atoms with Gasteiger partial charge in [0, 0.05) is 20.6 Å². The molecule has 0 saturated heterocycles. The summed E-state index contributed by atoms with van der Waals surface area (Å²) in [4.78, 5) is 11.6. The number of ketones is 1. The number of Topliss-reactive ketones (excluding diaryl/α,β-unsaturated/α-hetero) is 1. The Morgan fingerprint density at radius 1 is 1.25 bits per heavy atom. The lowest BCUT2D eigenvalue weighted by atomic mass is 9.85. The van der Waals surface area contributed by atoms with Crippen molar-refractivity contribution in [3.05, 3.63) is 0 Å². The van der Waals surface area contributed by atoms with Crippen LogP contribution in [0.25, 0.3) is 0 Å². The van der Waals surface area contributed by atoms with Crippen LogP contribution in [0.2, 0.25) is 0 Å². The molecule has 0 amide bonds. The molecule has 0 N–H and O–H groups in total. The maximum absolute atomic E-state index is 11.7. The highest BCUT2D eigenvalue weighted by Crippen LogP contribution is 2.46. The highest BCUT2D eigenvalue weighted by atomic mass is 31.2. The third-order valence-electron chi connectivity index (χ3n) is 2.96. The molecule has 0 rings (SSSR count). The Morgan fingerprint density at radius 3 is 2.12 bits per heavy atom. The van der Waals surface area contributed by atoms with Crippen molar-refractivity contribution in [1.29, 1.82) is 0 Å². The third kappa shape index (κ3) is 5.78. The summed E-state index contributed by atoms with van der Waals surface area (Å²) >= 11 is 0. The summed E-state index contributed by atoms with van der Waals surface area (Å²) in [5.41, 5.74) is 0.153. The van der Waals surface area contributed by atoms with E-state index in [1.54, 1.807) is 0 Å². The first-order chi connectivity index (χ1) is 7.28. The van der Waals surface area contributed by atoms with Gasteiger partial charge < -0.3 is 9.05 Å². The lowest BCUT2D eigenvalue weighted by molar-refractivity contribution is -0.117. The quantitative estimate of drug-likeness (QED) is 0.620. The molecule has 0 heterocycles. The fourth-order valence-electron chi connectivity index (χ4n) is 1.15. The Bertz CT molecular complexity index is 265. The molecule has 0 aromatic rings. The van der Waals surface area contributed by atoms with Crippen LogP contribution in [-0.4, -0.2) is 26.2 Å². The molecule has 0 aromatic carbocycles. The predicted molar refractivity (Wildman–Crippen MR) is 64.8 cm³/mol. The second-order valence-electron chi connectivity index (χ2n) is 4.69. The van der Waals surface area contributed by atoms with Crippen LogP contribution in [0.5, 0.6) is 0 Å². The highest BCUT2D eigenvalue weighted by Gasteiger charge is 2.26. The monoisotopic (exact) mass is 250 g/mol. The van der Waals surface area contributed by atoms with Gasteiger partial charge in [0.1, 0.15) is 11.9 Å². The van der Waals surface area contributed by atoms with Gasteiger partial charge in [0.15, 0.2) is 0 Å².